The molecular formula is C6H16AlNO2S. The van der Waals surface area contributed by atoms with Crippen molar-refractivity contribution in [2.45, 2.75) is 31.4 Å². The Morgan fingerprint density at radius 1 is 1.36 bits per heavy atom. The van der Waals surface area contributed by atoms with Crippen LogP contribution in [0.2, 0.25) is 0 Å². The van der Waals surface area contributed by atoms with Gasteiger partial charge in [0.15, 0.2) is 0 Å². The van der Waals surface area contributed by atoms with Gasteiger partial charge in [-0.05, 0) is 6.54 Å². The van der Waals surface area contributed by atoms with Crippen molar-refractivity contribution >= 4 is 28.1 Å². The molecule has 3 nitrogen and oxygen atoms in total. The predicted molar refractivity (Wildman–Crippen MR) is 49.6 cm³/mol. The van der Waals surface area contributed by atoms with Crippen molar-refractivity contribution in [2.75, 3.05) is 6.54 Å². The molecule has 0 bridgehead atoms. The molecule has 0 rings (SSSR count). The molecule has 0 amide bonds. The van der Waals surface area contributed by atoms with E-state index in [0.29, 0.717) is 13.0 Å². The van der Waals surface area contributed by atoms with Gasteiger partial charge in [-0.3, -0.25) is 0 Å². The summed E-state index contributed by atoms with van der Waals surface area (Å²) in [5.41, 5.74) is 5.22. The summed E-state index contributed by atoms with van der Waals surface area (Å²) in [7, 11) is -1.93. The molecular weight excluding hydrogens is 177 g/mol. The molecule has 0 aliphatic heterocycles. The number of nitrogens with two attached hydrogens (primary N) is 1. The first-order valence-corrected chi connectivity index (χ1v) is 4.64. The van der Waals surface area contributed by atoms with Crippen LogP contribution in [0.3, 0.4) is 0 Å². The van der Waals surface area contributed by atoms with Gasteiger partial charge in [-0.1, -0.05) is 42.1 Å². The van der Waals surface area contributed by atoms with Crippen LogP contribution in [0.25, 0.3) is 0 Å². The van der Waals surface area contributed by atoms with Gasteiger partial charge in [0.2, 0.25) is 0 Å². The molecule has 1 unspecified atom stereocenters. The van der Waals surface area contributed by atoms with Gasteiger partial charge in [-0.15, -0.1) is 0 Å². The van der Waals surface area contributed by atoms with Crippen LogP contribution in [0, 0.1) is 0 Å². The van der Waals surface area contributed by atoms with E-state index in [9.17, 15) is 8.42 Å². The zero-order valence-electron chi connectivity index (χ0n) is 7.21. The van der Waals surface area contributed by atoms with E-state index < -0.39 is 10.7 Å². The Labute approximate surface area is 80.4 Å². The number of rotatable bonds is 5. The molecule has 0 fully saturated rings. The minimum absolute atomic E-state index is 0. The molecule has 0 aliphatic rings. The summed E-state index contributed by atoms with van der Waals surface area (Å²) in [6.07, 6.45) is 2.22. The molecule has 1 atom stereocenters. The standard InChI is InChI=1S/C6H14NO2S.Al.2H/c1-2-3-6(4-5-7)10(8)9;;;/h6H,2-5,7H2,1H3;;;/q-1;+1;;. The first-order chi connectivity index (χ1) is 4.72. The van der Waals surface area contributed by atoms with Crippen LogP contribution in [0.4, 0.5) is 0 Å². The van der Waals surface area contributed by atoms with E-state index in [4.69, 9.17) is 5.73 Å². The number of hydrogen-bond donors (Lipinski definition) is 1. The van der Waals surface area contributed by atoms with Crippen molar-refractivity contribution < 1.29 is 8.42 Å². The quantitative estimate of drug-likeness (QED) is 0.490. The van der Waals surface area contributed by atoms with Crippen molar-refractivity contribution in [3.8, 4) is 0 Å². The zero-order valence-corrected chi connectivity index (χ0v) is 10.0. The Kier molecular flexibility index (Phi) is 10.9. The van der Waals surface area contributed by atoms with Crippen LogP contribution in [0.15, 0.2) is 0 Å². The van der Waals surface area contributed by atoms with Crippen molar-refractivity contribution in [3.63, 3.8) is 0 Å². The van der Waals surface area contributed by atoms with Gasteiger partial charge < -0.3 is 14.2 Å². The average Bonchev–Trinajstić information content (AvgIpc) is 1.87. The van der Waals surface area contributed by atoms with Crippen LogP contribution in [0.1, 0.15) is 26.2 Å². The van der Waals surface area contributed by atoms with Crippen LogP contribution < -0.4 is 5.73 Å². The molecule has 11 heavy (non-hydrogen) atoms. The van der Waals surface area contributed by atoms with E-state index in [1.807, 2.05) is 6.92 Å². The van der Waals surface area contributed by atoms with Crippen LogP contribution >= 0.6 is 0 Å². The van der Waals surface area contributed by atoms with Crippen LogP contribution in [0.5, 0.6) is 0 Å². The summed E-state index contributed by atoms with van der Waals surface area (Å²) in [6, 6.07) is 0. The molecule has 2 N–H and O–H groups in total. The summed E-state index contributed by atoms with van der Waals surface area (Å²) >= 11 is 0. The predicted octanol–water partition coefficient (Wildman–Crippen LogP) is -0.103. The van der Waals surface area contributed by atoms with Gasteiger partial charge in [0.05, 0.1) is 0 Å². The van der Waals surface area contributed by atoms with E-state index >= 15 is 0 Å². The molecule has 5 heteroatoms. The topological polar surface area (TPSA) is 60.2 Å². The normalized spacial score (nSPS) is 12.6. The van der Waals surface area contributed by atoms with E-state index in [0.717, 1.165) is 12.8 Å². The molecule has 0 aromatic rings. The molecule has 0 saturated heterocycles. The van der Waals surface area contributed by atoms with Gasteiger partial charge in [-0.25, -0.2) is 0 Å². The Bertz CT molecular complexity index is 136. The van der Waals surface area contributed by atoms with Crippen molar-refractivity contribution in [1.29, 1.82) is 0 Å². The first kappa shape index (κ1) is 14.0. The summed E-state index contributed by atoms with van der Waals surface area (Å²) in [5, 5.41) is -0.227. The van der Waals surface area contributed by atoms with Gasteiger partial charge in [0.25, 0.3) is 0 Å². The molecule has 0 aromatic heterocycles. The van der Waals surface area contributed by atoms with E-state index in [1.54, 1.807) is 0 Å². The van der Waals surface area contributed by atoms with E-state index in [2.05, 4.69) is 0 Å². The Balaban J connectivity index is 0. The fourth-order valence-electron chi connectivity index (χ4n) is 0.845. The second-order valence-electron chi connectivity index (χ2n) is 2.25. The molecule has 0 aliphatic carbocycles. The summed E-state index contributed by atoms with van der Waals surface area (Å²) < 4.78 is 20.8. The van der Waals surface area contributed by atoms with Crippen molar-refractivity contribution in [3.05, 3.63) is 0 Å². The van der Waals surface area contributed by atoms with Gasteiger partial charge in [0, 0.05) is 0 Å². The monoisotopic (exact) mass is 193 g/mol. The summed E-state index contributed by atoms with van der Waals surface area (Å²) in [4.78, 5) is 0. The third kappa shape index (κ3) is 6.83. The molecule has 0 saturated carbocycles. The molecule has 0 aromatic carbocycles. The maximum absolute atomic E-state index is 10.4. The third-order valence-electron chi connectivity index (χ3n) is 1.37. The maximum atomic E-state index is 10.4. The summed E-state index contributed by atoms with van der Waals surface area (Å²) in [6.45, 7) is 2.43. The fraction of sp³-hybridized carbons (Fsp3) is 1.00. The average molecular weight is 193 g/mol. The van der Waals surface area contributed by atoms with Crippen LogP contribution in [-0.4, -0.2) is 29.2 Å². The van der Waals surface area contributed by atoms with Gasteiger partial charge in [-0.2, -0.15) is 0 Å². The SMILES string of the molecule is CCCC(CCN)[S-](=O)=O.[AlH2+]. The zero-order chi connectivity index (χ0) is 7.98. The van der Waals surface area contributed by atoms with Gasteiger partial charge >= 0.3 is 17.4 Å². The Morgan fingerprint density at radius 3 is 2.18 bits per heavy atom. The Hall–Kier alpha value is 0.442. The molecule has 66 valence electrons. The van der Waals surface area contributed by atoms with Crippen molar-refractivity contribution in [1.82, 2.24) is 0 Å². The molecule has 0 spiro atoms. The minimum atomic E-state index is -1.93. The fourth-order valence-corrected chi connectivity index (χ4v) is 1.60. The Morgan fingerprint density at radius 2 is 1.91 bits per heavy atom. The number of hydrogen-bond acceptors (Lipinski definition) is 4. The third-order valence-corrected chi connectivity index (χ3v) is 2.39. The van der Waals surface area contributed by atoms with Gasteiger partial charge in [0.1, 0.15) is 0 Å². The second kappa shape index (κ2) is 8.54. The second-order valence-corrected chi connectivity index (χ2v) is 3.44. The van der Waals surface area contributed by atoms with Crippen LogP contribution in [-0.2, 0) is 19.1 Å². The molecule has 0 heterocycles. The first-order valence-electron chi connectivity index (χ1n) is 3.50. The van der Waals surface area contributed by atoms with E-state index in [-0.39, 0.29) is 22.6 Å². The molecule has 0 radical (unpaired) electrons. The van der Waals surface area contributed by atoms with E-state index in [1.165, 1.54) is 0 Å². The summed E-state index contributed by atoms with van der Waals surface area (Å²) in [5.74, 6) is 0. The van der Waals surface area contributed by atoms with Crippen molar-refractivity contribution in [2.24, 2.45) is 5.73 Å².